The molecule has 1 aromatic carbocycles. The van der Waals surface area contributed by atoms with E-state index in [1.165, 1.54) is 29.7 Å². The molecule has 2 aliphatic rings. The Morgan fingerprint density at radius 3 is 2.78 bits per heavy atom. The van der Waals surface area contributed by atoms with Crippen LogP contribution in [0.5, 0.6) is 0 Å². The van der Waals surface area contributed by atoms with Crippen LogP contribution in [0.2, 0.25) is 5.02 Å². The van der Waals surface area contributed by atoms with Crippen LogP contribution in [0, 0.1) is 11.8 Å². The summed E-state index contributed by atoms with van der Waals surface area (Å²) < 4.78 is 5.43. The molecule has 6 heteroatoms. The molecule has 0 radical (unpaired) electrons. The molecule has 5 rings (SSSR count). The average Bonchev–Trinajstić information content (AvgIpc) is 3.34. The Hall–Kier alpha value is -1.82. The number of furan rings is 1. The monoisotopic (exact) mass is 400 g/mol. The van der Waals surface area contributed by atoms with Crippen molar-refractivity contribution in [3.63, 3.8) is 0 Å². The molecule has 27 heavy (non-hydrogen) atoms. The molecule has 4 nitrogen and oxygen atoms in total. The van der Waals surface area contributed by atoms with Gasteiger partial charge >= 0.3 is 0 Å². The van der Waals surface area contributed by atoms with E-state index in [9.17, 15) is 4.79 Å². The van der Waals surface area contributed by atoms with Crippen LogP contribution in [0.1, 0.15) is 28.1 Å². The number of halogens is 1. The van der Waals surface area contributed by atoms with Crippen molar-refractivity contribution < 1.29 is 9.21 Å². The van der Waals surface area contributed by atoms with Gasteiger partial charge in [0.05, 0.1) is 11.3 Å². The fraction of sp³-hybridized carbons (Fsp3) is 0.381. The predicted molar refractivity (Wildman–Crippen MR) is 108 cm³/mol. The first kappa shape index (κ1) is 17.3. The highest BCUT2D eigenvalue weighted by Crippen LogP contribution is 2.38. The van der Waals surface area contributed by atoms with Crippen LogP contribution in [0.25, 0.3) is 11.0 Å². The van der Waals surface area contributed by atoms with Gasteiger partial charge in [0.15, 0.2) is 0 Å². The number of carbonyl (C=O) groups is 1. The summed E-state index contributed by atoms with van der Waals surface area (Å²) in [4.78, 5) is 15.7. The Morgan fingerprint density at radius 2 is 2.04 bits per heavy atom. The largest absolute Gasteiger partial charge is 0.464 e. The van der Waals surface area contributed by atoms with Gasteiger partial charge in [0, 0.05) is 31.1 Å². The number of nitrogens with one attached hydrogen (secondary N) is 1. The van der Waals surface area contributed by atoms with Crippen LogP contribution in [0.4, 0.5) is 0 Å². The normalized spacial score (nSPS) is 25.1. The minimum Gasteiger partial charge on any atom is -0.464 e. The zero-order valence-corrected chi connectivity index (χ0v) is 16.4. The smallest absolute Gasteiger partial charge is 0.263 e. The lowest BCUT2D eigenvalue weighted by atomic mass is 9.91. The molecule has 2 bridgehead atoms. The minimum atomic E-state index is -0.0178. The van der Waals surface area contributed by atoms with Gasteiger partial charge in [0.2, 0.25) is 0 Å². The molecule has 3 aromatic rings. The number of piperidine rings is 1. The van der Waals surface area contributed by atoms with Crippen LogP contribution in [0.3, 0.4) is 0 Å². The second kappa shape index (κ2) is 6.97. The number of nitrogens with zero attached hydrogens (tertiary/aromatic N) is 1. The highest BCUT2D eigenvalue weighted by atomic mass is 35.5. The van der Waals surface area contributed by atoms with Gasteiger partial charge in [0.25, 0.3) is 5.91 Å². The lowest BCUT2D eigenvalue weighted by molar-refractivity contribution is 0.0829. The van der Waals surface area contributed by atoms with Crippen LogP contribution < -0.4 is 5.32 Å². The van der Waals surface area contributed by atoms with E-state index in [2.05, 4.69) is 28.4 Å². The van der Waals surface area contributed by atoms with E-state index >= 15 is 0 Å². The highest BCUT2D eigenvalue weighted by Gasteiger charge is 2.42. The summed E-state index contributed by atoms with van der Waals surface area (Å²) in [5.74, 6) is 1.02. The zero-order valence-electron chi connectivity index (χ0n) is 14.9. The molecule has 2 fully saturated rings. The lowest BCUT2D eigenvalue weighted by Crippen LogP contribution is -2.52. The Balaban J connectivity index is 1.25. The summed E-state index contributed by atoms with van der Waals surface area (Å²) in [6, 6.07) is 10.5. The first-order valence-corrected chi connectivity index (χ1v) is 10.7. The Bertz CT molecular complexity index is 967. The Labute approximate surface area is 167 Å². The molecule has 3 heterocycles. The summed E-state index contributed by atoms with van der Waals surface area (Å²) >= 11 is 7.53. The highest BCUT2D eigenvalue weighted by molar-refractivity contribution is 7.12. The van der Waals surface area contributed by atoms with E-state index in [0.29, 0.717) is 21.7 Å². The molecule has 0 spiro atoms. The standard InChI is InChI=1S/C21H21ClN2O2S/c22-17-6-8-27-20(17)21(25)23-19-15-2-3-16(19)12-24(11-15)10-13-1-4-18-14(9-13)5-7-26-18/h1,4-9,15-16,19H,2-3,10-12H2,(H,23,25)/t15-,16+,19?. The summed E-state index contributed by atoms with van der Waals surface area (Å²) in [5.41, 5.74) is 2.25. The Morgan fingerprint density at radius 1 is 1.22 bits per heavy atom. The van der Waals surface area contributed by atoms with E-state index in [1.54, 1.807) is 12.3 Å². The van der Waals surface area contributed by atoms with Crippen molar-refractivity contribution in [3.05, 3.63) is 57.4 Å². The number of fused-ring (bicyclic) bond motifs is 3. The number of likely N-dealkylation sites (tertiary alicyclic amines) is 1. The summed E-state index contributed by atoms with van der Waals surface area (Å²) in [6.07, 6.45) is 4.11. The quantitative estimate of drug-likeness (QED) is 0.684. The number of thiophene rings is 1. The molecule has 1 aliphatic carbocycles. The third-order valence-electron chi connectivity index (χ3n) is 5.95. The number of hydrogen-bond donors (Lipinski definition) is 1. The van der Waals surface area contributed by atoms with Crippen molar-refractivity contribution in [2.45, 2.75) is 25.4 Å². The second-order valence-electron chi connectivity index (χ2n) is 7.68. The SMILES string of the molecule is O=C(NC1[C@@H]2CC[C@H]1CN(Cc1ccc3occc3c1)C2)c1sccc1Cl. The van der Waals surface area contributed by atoms with E-state index in [1.807, 2.05) is 11.4 Å². The lowest BCUT2D eigenvalue weighted by Gasteiger charge is -2.38. The van der Waals surface area contributed by atoms with Crippen LogP contribution >= 0.6 is 22.9 Å². The Kier molecular flexibility index (Phi) is 4.46. The molecular weight excluding hydrogens is 380 g/mol. The van der Waals surface area contributed by atoms with Gasteiger partial charge in [-0.05, 0) is 59.9 Å². The van der Waals surface area contributed by atoms with Crippen molar-refractivity contribution in [1.82, 2.24) is 10.2 Å². The third-order valence-corrected chi connectivity index (χ3v) is 7.29. The molecule has 1 saturated heterocycles. The van der Waals surface area contributed by atoms with Crippen molar-refractivity contribution in [1.29, 1.82) is 0 Å². The predicted octanol–water partition coefficient (Wildman–Crippen LogP) is 4.79. The number of hydrogen-bond acceptors (Lipinski definition) is 4. The van der Waals surface area contributed by atoms with Gasteiger partial charge in [-0.1, -0.05) is 17.7 Å². The van der Waals surface area contributed by atoms with Gasteiger partial charge in [-0.25, -0.2) is 0 Å². The van der Waals surface area contributed by atoms with Gasteiger partial charge in [0.1, 0.15) is 10.5 Å². The molecular formula is C21H21ClN2O2S. The first-order valence-electron chi connectivity index (χ1n) is 9.40. The maximum absolute atomic E-state index is 12.6. The van der Waals surface area contributed by atoms with Gasteiger partial charge in [-0.2, -0.15) is 0 Å². The maximum Gasteiger partial charge on any atom is 0.263 e. The molecule has 2 aromatic heterocycles. The second-order valence-corrected chi connectivity index (χ2v) is 9.00. The van der Waals surface area contributed by atoms with Gasteiger partial charge < -0.3 is 9.73 Å². The summed E-state index contributed by atoms with van der Waals surface area (Å²) in [6.45, 7) is 3.01. The number of amides is 1. The molecule has 1 saturated carbocycles. The van der Waals surface area contributed by atoms with Gasteiger partial charge in [-0.15, -0.1) is 11.3 Å². The fourth-order valence-electron chi connectivity index (χ4n) is 4.73. The third kappa shape index (κ3) is 3.28. The van der Waals surface area contributed by atoms with Crippen molar-refractivity contribution >= 4 is 39.8 Å². The zero-order chi connectivity index (χ0) is 18.4. The minimum absolute atomic E-state index is 0.0178. The number of rotatable bonds is 4. The summed E-state index contributed by atoms with van der Waals surface area (Å²) in [5, 5.41) is 6.85. The molecule has 1 aliphatic heterocycles. The molecule has 140 valence electrons. The fourth-order valence-corrected chi connectivity index (χ4v) is 5.77. The van der Waals surface area contributed by atoms with Crippen molar-refractivity contribution in [2.75, 3.05) is 13.1 Å². The van der Waals surface area contributed by atoms with E-state index in [4.69, 9.17) is 16.0 Å². The van der Waals surface area contributed by atoms with Crippen LogP contribution in [-0.2, 0) is 6.54 Å². The van der Waals surface area contributed by atoms with Crippen molar-refractivity contribution in [2.24, 2.45) is 11.8 Å². The molecule has 3 atom stereocenters. The number of benzene rings is 1. The van der Waals surface area contributed by atoms with Gasteiger partial charge in [-0.3, -0.25) is 9.69 Å². The van der Waals surface area contributed by atoms with E-state index < -0.39 is 0 Å². The van der Waals surface area contributed by atoms with Crippen LogP contribution in [0.15, 0.2) is 46.4 Å². The average molecular weight is 401 g/mol. The molecule has 1 amide bonds. The van der Waals surface area contributed by atoms with Crippen molar-refractivity contribution in [3.8, 4) is 0 Å². The number of carbonyl (C=O) groups excluding carboxylic acids is 1. The first-order chi connectivity index (χ1) is 13.2. The molecule has 1 N–H and O–H groups in total. The summed E-state index contributed by atoms with van der Waals surface area (Å²) in [7, 11) is 0. The van der Waals surface area contributed by atoms with E-state index in [-0.39, 0.29) is 11.9 Å². The van der Waals surface area contributed by atoms with Crippen LogP contribution in [-0.4, -0.2) is 29.9 Å². The van der Waals surface area contributed by atoms with E-state index in [0.717, 1.165) is 30.6 Å². The maximum atomic E-state index is 12.6. The molecule has 1 unspecified atom stereocenters. The topological polar surface area (TPSA) is 45.5 Å².